The van der Waals surface area contributed by atoms with Gasteiger partial charge in [0.05, 0.1) is 12.1 Å². The van der Waals surface area contributed by atoms with Crippen LogP contribution in [0.3, 0.4) is 0 Å². The van der Waals surface area contributed by atoms with Gasteiger partial charge in [0.1, 0.15) is 0 Å². The lowest BCUT2D eigenvalue weighted by atomic mass is 10.00. The molecule has 1 heterocycles. The normalized spacial score (nSPS) is 17.2. The maximum absolute atomic E-state index is 5.75. The number of nitrogens with one attached hydrogen (secondary N) is 1. The number of rotatable bonds is 5. The predicted molar refractivity (Wildman–Crippen MR) is 85.7 cm³/mol. The van der Waals surface area contributed by atoms with Crippen LogP contribution in [-0.4, -0.2) is 16.2 Å². The molecule has 1 atom stereocenters. The van der Waals surface area contributed by atoms with Crippen LogP contribution < -0.4 is 5.32 Å². The third-order valence-corrected chi connectivity index (χ3v) is 4.94. The van der Waals surface area contributed by atoms with E-state index in [9.17, 15) is 0 Å². The van der Waals surface area contributed by atoms with Gasteiger partial charge in [-0.05, 0) is 53.7 Å². The molecule has 0 radical (unpaired) electrons. The summed E-state index contributed by atoms with van der Waals surface area (Å²) in [4.78, 5) is 0. The lowest BCUT2D eigenvalue weighted by Gasteiger charge is -2.19. The lowest BCUT2D eigenvalue weighted by molar-refractivity contribution is 0.360. The molecule has 0 saturated heterocycles. The van der Waals surface area contributed by atoms with E-state index < -0.39 is 0 Å². The van der Waals surface area contributed by atoms with E-state index in [0.29, 0.717) is 24.4 Å². The molecular formula is C16H20BrN3O. The van der Waals surface area contributed by atoms with Crippen LogP contribution in [-0.2, 0) is 6.54 Å². The Balaban J connectivity index is 1.61. The Labute approximate surface area is 133 Å². The second kappa shape index (κ2) is 6.71. The van der Waals surface area contributed by atoms with Crippen LogP contribution in [0.25, 0.3) is 11.5 Å². The maximum atomic E-state index is 5.75. The smallest absolute Gasteiger partial charge is 0.248 e. The minimum atomic E-state index is 0.506. The molecular weight excluding hydrogens is 330 g/mol. The van der Waals surface area contributed by atoms with Crippen LogP contribution in [0.1, 0.15) is 38.5 Å². The van der Waals surface area contributed by atoms with Gasteiger partial charge in [0.25, 0.3) is 0 Å². The van der Waals surface area contributed by atoms with Crippen LogP contribution >= 0.6 is 15.9 Å². The van der Waals surface area contributed by atoms with Gasteiger partial charge < -0.3 is 9.73 Å². The van der Waals surface area contributed by atoms with Crippen molar-refractivity contribution >= 4 is 15.9 Å². The first-order chi connectivity index (χ1) is 10.2. The summed E-state index contributed by atoms with van der Waals surface area (Å²) in [6, 6.07) is 8.38. The Morgan fingerprint density at radius 3 is 2.81 bits per heavy atom. The molecule has 21 heavy (non-hydrogen) atoms. The van der Waals surface area contributed by atoms with Crippen molar-refractivity contribution in [3.05, 3.63) is 34.6 Å². The first kappa shape index (κ1) is 14.7. The highest BCUT2D eigenvalue weighted by Gasteiger charge is 2.21. The molecule has 112 valence electrons. The highest BCUT2D eigenvalue weighted by molar-refractivity contribution is 9.10. The Bertz CT molecular complexity index is 593. The average molecular weight is 350 g/mol. The molecule has 1 saturated carbocycles. The van der Waals surface area contributed by atoms with E-state index in [1.54, 1.807) is 0 Å². The molecule has 4 nitrogen and oxygen atoms in total. The molecule has 0 unspecified atom stereocenters. The van der Waals surface area contributed by atoms with Crippen molar-refractivity contribution in [3.8, 4) is 11.5 Å². The summed E-state index contributed by atoms with van der Waals surface area (Å²) in [5, 5.41) is 11.8. The SMILES string of the molecule is C[C@@H](NCc1nnc(-c2ccccc2Br)o1)C1CCCC1. The summed E-state index contributed by atoms with van der Waals surface area (Å²) < 4.78 is 6.71. The van der Waals surface area contributed by atoms with E-state index >= 15 is 0 Å². The topological polar surface area (TPSA) is 51.0 Å². The molecule has 0 amide bonds. The number of hydrogen-bond donors (Lipinski definition) is 1. The van der Waals surface area contributed by atoms with Gasteiger partial charge in [-0.2, -0.15) is 0 Å². The summed E-state index contributed by atoms with van der Waals surface area (Å²) in [6.07, 6.45) is 5.40. The van der Waals surface area contributed by atoms with Crippen LogP contribution in [0.5, 0.6) is 0 Å². The summed E-state index contributed by atoms with van der Waals surface area (Å²) in [7, 11) is 0. The van der Waals surface area contributed by atoms with Crippen molar-refractivity contribution in [2.24, 2.45) is 5.92 Å². The number of halogens is 1. The summed E-state index contributed by atoms with van der Waals surface area (Å²) >= 11 is 3.51. The van der Waals surface area contributed by atoms with E-state index in [4.69, 9.17) is 4.42 Å². The van der Waals surface area contributed by atoms with E-state index in [2.05, 4.69) is 38.4 Å². The second-order valence-electron chi connectivity index (χ2n) is 5.69. The molecule has 0 spiro atoms. The fourth-order valence-electron chi connectivity index (χ4n) is 2.94. The monoisotopic (exact) mass is 349 g/mol. The Morgan fingerprint density at radius 1 is 1.29 bits per heavy atom. The molecule has 5 heteroatoms. The van der Waals surface area contributed by atoms with Crippen LogP contribution in [0.4, 0.5) is 0 Å². The Kier molecular flexibility index (Phi) is 4.70. The van der Waals surface area contributed by atoms with Crippen molar-refractivity contribution in [2.75, 3.05) is 0 Å². The predicted octanol–water partition coefficient (Wildman–Crippen LogP) is 4.17. The Morgan fingerprint density at radius 2 is 2.05 bits per heavy atom. The fourth-order valence-corrected chi connectivity index (χ4v) is 3.40. The maximum Gasteiger partial charge on any atom is 0.248 e. The van der Waals surface area contributed by atoms with E-state index in [1.165, 1.54) is 25.7 Å². The minimum absolute atomic E-state index is 0.506. The molecule has 0 aliphatic heterocycles. The molecule has 0 bridgehead atoms. The first-order valence-corrected chi connectivity index (χ1v) is 8.34. The number of nitrogens with zero attached hydrogens (tertiary/aromatic N) is 2. The van der Waals surface area contributed by atoms with Gasteiger partial charge in [-0.3, -0.25) is 0 Å². The molecule has 1 aromatic carbocycles. The lowest BCUT2D eigenvalue weighted by Crippen LogP contribution is -2.31. The van der Waals surface area contributed by atoms with Crippen molar-refractivity contribution in [3.63, 3.8) is 0 Å². The third-order valence-electron chi connectivity index (χ3n) is 4.25. The van der Waals surface area contributed by atoms with Crippen LogP contribution in [0.2, 0.25) is 0 Å². The van der Waals surface area contributed by atoms with Crippen molar-refractivity contribution in [1.82, 2.24) is 15.5 Å². The molecule has 2 aromatic rings. The Hall–Kier alpha value is -1.20. The standard InChI is InChI=1S/C16H20BrN3O/c1-11(12-6-2-3-7-12)18-10-15-19-20-16(21-15)13-8-4-5-9-14(13)17/h4-5,8-9,11-12,18H,2-3,6-7,10H2,1H3/t11-/m1/s1. The molecule has 1 aromatic heterocycles. The summed E-state index contributed by atoms with van der Waals surface area (Å²) in [6.45, 7) is 2.89. The van der Waals surface area contributed by atoms with Gasteiger partial charge in [-0.1, -0.05) is 25.0 Å². The highest BCUT2D eigenvalue weighted by atomic mass is 79.9. The third kappa shape index (κ3) is 3.52. The largest absolute Gasteiger partial charge is 0.419 e. The van der Waals surface area contributed by atoms with Gasteiger partial charge in [-0.25, -0.2) is 0 Å². The summed E-state index contributed by atoms with van der Waals surface area (Å²) in [5.41, 5.74) is 0.931. The summed E-state index contributed by atoms with van der Waals surface area (Å²) in [5.74, 6) is 1.99. The van der Waals surface area contributed by atoms with Gasteiger partial charge >= 0.3 is 0 Å². The van der Waals surface area contributed by atoms with Gasteiger partial charge in [0.15, 0.2) is 0 Å². The van der Waals surface area contributed by atoms with Gasteiger partial charge in [0.2, 0.25) is 11.8 Å². The molecule has 1 N–H and O–H groups in total. The van der Waals surface area contributed by atoms with Crippen molar-refractivity contribution < 1.29 is 4.42 Å². The van der Waals surface area contributed by atoms with E-state index in [0.717, 1.165) is 16.0 Å². The zero-order valence-corrected chi connectivity index (χ0v) is 13.8. The average Bonchev–Trinajstić information content (AvgIpc) is 3.17. The van der Waals surface area contributed by atoms with Crippen molar-refractivity contribution in [1.29, 1.82) is 0 Å². The first-order valence-electron chi connectivity index (χ1n) is 7.54. The molecule has 1 fully saturated rings. The second-order valence-corrected chi connectivity index (χ2v) is 6.55. The van der Waals surface area contributed by atoms with Gasteiger partial charge in [0, 0.05) is 10.5 Å². The van der Waals surface area contributed by atoms with Crippen LogP contribution in [0, 0.1) is 5.92 Å². The van der Waals surface area contributed by atoms with E-state index in [-0.39, 0.29) is 0 Å². The number of benzene rings is 1. The molecule has 1 aliphatic carbocycles. The number of aromatic nitrogens is 2. The molecule has 3 rings (SSSR count). The van der Waals surface area contributed by atoms with E-state index in [1.807, 2.05) is 24.3 Å². The number of hydrogen-bond acceptors (Lipinski definition) is 4. The zero-order chi connectivity index (χ0) is 14.7. The van der Waals surface area contributed by atoms with Crippen molar-refractivity contribution in [2.45, 2.75) is 45.2 Å². The molecule has 1 aliphatic rings. The minimum Gasteiger partial charge on any atom is -0.419 e. The quantitative estimate of drug-likeness (QED) is 0.879. The van der Waals surface area contributed by atoms with Crippen LogP contribution in [0.15, 0.2) is 33.2 Å². The highest BCUT2D eigenvalue weighted by Crippen LogP contribution is 2.28. The fraction of sp³-hybridized carbons (Fsp3) is 0.500. The zero-order valence-electron chi connectivity index (χ0n) is 12.2. The van der Waals surface area contributed by atoms with Gasteiger partial charge in [-0.15, -0.1) is 10.2 Å².